The highest BCUT2D eigenvalue weighted by atomic mass is 19.1. The first-order valence-corrected chi connectivity index (χ1v) is 5.60. The lowest BCUT2D eigenvalue weighted by atomic mass is 10.1. The number of pyridine rings is 1. The van der Waals surface area contributed by atoms with E-state index >= 15 is 0 Å². The van der Waals surface area contributed by atoms with Gasteiger partial charge in [0.25, 0.3) is 5.56 Å². The SMILES string of the molecule is Cn1c(-c2c[nH]c3c(F)cccc23)cccc1=O. The molecule has 0 bridgehead atoms. The topological polar surface area (TPSA) is 37.8 Å². The standard InChI is InChI=1S/C14H11FN2O/c1-17-12(6-3-7-13(17)18)10-8-16-14-9(10)4-2-5-11(14)15/h2-8,16H,1H3. The minimum atomic E-state index is -0.292. The Morgan fingerprint density at radius 1 is 1.17 bits per heavy atom. The number of halogens is 1. The molecule has 1 N–H and O–H groups in total. The van der Waals surface area contributed by atoms with Crippen LogP contribution in [0.25, 0.3) is 22.2 Å². The van der Waals surface area contributed by atoms with E-state index in [-0.39, 0.29) is 11.4 Å². The van der Waals surface area contributed by atoms with E-state index in [0.717, 1.165) is 16.6 Å². The van der Waals surface area contributed by atoms with E-state index < -0.39 is 0 Å². The summed E-state index contributed by atoms with van der Waals surface area (Å²) in [5, 5.41) is 0.774. The Labute approximate surface area is 103 Å². The van der Waals surface area contributed by atoms with Crippen molar-refractivity contribution in [3.8, 4) is 11.3 Å². The van der Waals surface area contributed by atoms with Gasteiger partial charge in [0.15, 0.2) is 0 Å². The van der Waals surface area contributed by atoms with E-state index in [0.29, 0.717) is 5.52 Å². The zero-order valence-electron chi connectivity index (χ0n) is 9.77. The summed E-state index contributed by atoms with van der Waals surface area (Å²) in [4.78, 5) is 14.5. The lowest BCUT2D eigenvalue weighted by molar-refractivity contribution is 0.637. The highest BCUT2D eigenvalue weighted by Gasteiger charge is 2.11. The molecule has 0 aliphatic rings. The molecule has 0 spiro atoms. The predicted octanol–water partition coefficient (Wildman–Crippen LogP) is 2.67. The van der Waals surface area contributed by atoms with Gasteiger partial charge in [0.1, 0.15) is 5.82 Å². The molecule has 90 valence electrons. The number of nitrogens with zero attached hydrogens (tertiary/aromatic N) is 1. The Hall–Kier alpha value is -2.36. The Kier molecular flexibility index (Phi) is 2.30. The molecule has 2 aromatic heterocycles. The van der Waals surface area contributed by atoms with E-state index in [4.69, 9.17) is 0 Å². The van der Waals surface area contributed by atoms with Crippen molar-refractivity contribution in [1.29, 1.82) is 0 Å². The molecule has 0 aliphatic carbocycles. The number of hydrogen-bond acceptors (Lipinski definition) is 1. The molecule has 18 heavy (non-hydrogen) atoms. The highest BCUT2D eigenvalue weighted by Crippen LogP contribution is 2.28. The van der Waals surface area contributed by atoms with E-state index in [9.17, 15) is 9.18 Å². The molecule has 3 rings (SSSR count). The molecule has 4 heteroatoms. The van der Waals surface area contributed by atoms with Crippen LogP contribution in [0.4, 0.5) is 4.39 Å². The number of nitrogens with one attached hydrogen (secondary N) is 1. The third-order valence-corrected chi connectivity index (χ3v) is 3.13. The Morgan fingerprint density at radius 2 is 1.94 bits per heavy atom. The number of aromatic amines is 1. The van der Waals surface area contributed by atoms with E-state index in [2.05, 4.69) is 4.98 Å². The maximum absolute atomic E-state index is 13.6. The van der Waals surface area contributed by atoms with Gasteiger partial charge >= 0.3 is 0 Å². The first kappa shape index (κ1) is 10.8. The molecule has 0 saturated heterocycles. The number of fused-ring (bicyclic) bond motifs is 1. The van der Waals surface area contributed by atoms with Gasteiger partial charge in [-0.25, -0.2) is 4.39 Å². The van der Waals surface area contributed by atoms with Gasteiger partial charge in [0.05, 0.1) is 11.2 Å². The zero-order chi connectivity index (χ0) is 12.7. The lowest BCUT2D eigenvalue weighted by Crippen LogP contribution is -2.16. The summed E-state index contributed by atoms with van der Waals surface area (Å²) >= 11 is 0. The van der Waals surface area contributed by atoms with Gasteiger partial charge in [-0.15, -0.1) is 0 Å². The summed E-state index contributed by atoms with van der Waals surface area (Å²) in [6.07, 6.45) is 1.72. The predicted molar refractivity (Wildman–Crippen MR) is 68.9 cm³/mol. The van der Waals surface area contributed by atoms with Gasteiger partial charge in [0, 0.05) is 30.3 Å². The number of benzene rings is 1. The normalized spacial score (nSPS) is 11.0. The molecule has 0 amide bonds. The van der Waals surface area contributed by atoms with Crippen LogP contribution in [0.1, 0.15) is 0 Å². The summed E-state index contributed by atoms with van der Waals surface area (Å²) < 4.78 is 15.1. The van der Waals surface area contributed by atoms with E-state index in [1.165, 1.54) is 12.1 Å². The fraction of sp³-hybridized carbons (Fsp3) is 0.0714. The van der Waals surface area contributed by atoms with Crippen molar-refractivity contribution in [3.05, 3.63) is 58.8 Å². The van der Waals surface area contributed by atoms with Crippen molar-refractivity contribution >= 4 is 10.9 Å². The minimum absolute atomic E-state index is 0.0850. The summed E-state index contributed by atoms with van der Waals surface area (Å²) in [5.74, 6) is -0.292. The molecule has 0 saturated carbocycles. The maximum Gasteiger partial charge on any atom is 0.250 e. The second-order valence-electron chi connectivity index (χ2n) is 4.17. The van der Waals surface area contributed by atoms with Crippen molar-refractivity contribution in [2.24, 2.45) is 7.05 Å². The third-order valence-electron chi connectivity index (χ3n) is 3.13. The molecule has 3 nitrogen and oxygen atoms in total. The first-order valence-electron chi connectivity index (χ1n) is 5.60. The molecule has 0 radical (unpaired) electrons. The number of H-pyrrole nitrogens is 1. The lowest BCUT2D eigenvalue weighted by Gasteiger charge is -2.06. The number of rotatable bonds is 1. The van der Waals surface area contributed by atoms with E-state index in [1.807, 2.05) is 12.1 Å². The number of para-hydroxylation sites is 1. The van der Waals surface area contributed by atoms with Crippen LogP contribution in [-0.2, 0) is 7.05 Å². The van der Waals surface area contributed by atoms with Crippen LogP contribution in [0.5, 0.6) is 0 Å². The number of aromatic nitrogens is 2. The van der Waals surface area contributed by atoms with Crippen LogP contribution in [0.2, 0.25) is 0 Å². The third kappa shape index (κ3) is 1.46. The van der Waals surface area contributed by atoms with Gasteiger partial charge < -0.3 is 9.55 Å². The molecule has 2 heterocycles. The summed E-state index contributed by atoms with van der Waals surface area (Å²) in [7, 11) is 1.70. The largest absolute Gasteiger partial charge is 0.358 e. The Balaban J connectivity index is 2.36. The molecular formula is C14H11FN2O. The van der Waals surface area contributed by atoms with Crippen molar-refractivity contribution < 1.29 is 4.39 Å². The van der Waals surface area contributed by atoms with Gasteiger partial charge in [-0.05, 0) is 12.1 Å². The molecule has 1 aromatic carbocycles. The van der Waals surface area contributed by atoms with Crippen molar-refractivity contribution in [2.45, 2.75) is 0 Å². The molecule has 0 fully saturated rings. The summed E-state index contributed by atoms with van der Waals surface area (Å²) in [6, 6.07) is 9.95. The monoisotopic (exact) mass is 242 g/mol. The van der Waals surface area contributed by atoms with Crippen LogP contribution < -0.4 is 5.56 Å². The molecular weight excluding hydrogens is 231 g/mol. The quantitative estimate of drug-likeness (QED) is 0.700. The van der Waals surface area contributed by atoms with Crippen molar-refractivity contribution in [2.75, 3.05) is 0 Å². The fourth-order valence-electron chi connectivity index (χ4n) is 2.16. The van der Waals surface area contributed by atoms with Crippen LogP contribution >= 0.6 is 0 Å². The molecule has 0 unspecified atom stereocenters. The highest BCUT2D eigenvalue weighted by molar-refractivity contribution is 5.94. The Bertz CT molecular complexity index is 786. The Morgan fingerprint density at radius 3 is 2.78 bits per heavy atom. The van der Waals surface area contributed by atoms with Crippen LogP contribution in [-0.4, -0.2) is 9.55 Å². The second kappa shape index (κ2) is 3.84. The van der Waals surface area contributed by atoms with Crippen LogP contribution in [0, 0.1) is 5.82 Å². The van der Waals surface area contributed by atoms with E-state index in [1.54, 1.807) is 29.9 Å². The smallest absolute Gasteiger partial charge is 0.250 e. The van der Waals surface area contributed by atoms with Crippen LogP contribution in [0.15, 0.2) is 47.4 Å². The zero-order valence-corrected chi connectivity index (χ0v) is 9.77. The van der Waals surface area contributed by atoms with Gasteiger partial charge in [-0.2, -0.15) is 0 Å². The van der Waals surface area contributed by atoms with Crippen molar-refractivity contribution in [1.82, 2.24) is 9.55 Å². The molecule has 0 aliphatic heterocycles. The van der Waals surface area contributed by atoms with Crippen LogP contribution in [0.3, 0.4) is 0 Å². The fourth-order valence-corrected chi connectivity index (χ4v) is 2.16. The number of hydrogen-bond donors (Lipinski definition) is 1. The molecule has 3 aromatic rings. The van der Waals surface area contributed by atoms with Gasteiger partial charge in [-0.3, -0.25) is 4.79 Å². The van der Waals surface area contributed by atoms with Gasteiger partial charge in [0.2, 0.25) is 0 Å². The summed E-state index contributed by atoms with van der Waals surface area (Å²) in [5.41, 5.74) is 1.96. The average Bonchev–Trinajstić information content (AvgIpc) is 2.78. The maximum atomic E-state index is 13.6. The van der Waals surface area contributed by atoms with Crippen molar-refractivity contribution in [3.63, 3.8) is 0 Å². The molecule has 0 atom stereocenters. The second-order valence-corrected chi connectivity index (χ2v) is 4.17. The first-order chi connectivity index (χ1) is 8.68. The average molecular weight is 242 g/mol. The van der Waals surface area contributed by atoms with Gasteiger partial charge in [-0.1, -0.05) is 18.2 Å². The minimum Gasteiger partial charge on any atom is -0.358 e. The summed E-state index contributed by atoms with van der Waals surface area (Å²) in [6.45, 7) is 0.